The molecule has 0 fully saturated rings. The molecule has 1 rings (SSSR count). The number of aromatic nitrogens is 2. The van der Waals surface area contributed by atoms with Gasteiger partial charge in [-0.15, -0.1) is 13.2 Å². The van der Waals surface area contributed by atoms with Gasteiger partial charge in [0.1, 0.15) is 0 Å². The maximum absolute atomic E-state index is 12.1. The second-order valence-electron chi connectivity index (χ2n) is 2.26. The van der Waals surface area contributed by atoms with E-state index in [1.165, 1.54) is 0 Å². The lowest BCUT2D eigenvalue weighted by atomic mass is 10.4. The molecular formula is C6H2F6N2O. The largest absolute Gasteiger partial charge is 0.574 e. The van der Waals surface area contributed by atoms with Crippen LogP contribution >= 0.6 is 0 Å². The molecule has 1 aromatic heterocycles. The summed E-state index contributed by atoms with van der Waals surface area (Å²) >= 11 is 0. The summed E-state index contributed by atoms with van der Waals surface area (Å²) in [6.07, 6.45) is -9.01. The van der Waals surface area contributed by atoms with Gasteiger partial charge >= 0.3 is 12.5 Å². The number of halogens is 6. The minimum Gasteiger partial charge on any atom is -0.385 e. The predicted octanol–water partition coefficient (Wildman–Crippen LogP) is 2.39. The van der Waals surface area contributed by atoms with Gasteiger partial charge in [-0.3, -0.25) is 0 Å². The van der Waals surface area contributed by atoms with Crippen molar-refractivity contribution >= 4 is 0 Å². The topological polar surface area (TPSA) is 35.0 Å². The van der Waals surface area contributed by atoms with Crippen molar-refractivity contribution < 1.29 is 31.1 Å². The van der Waals surface area contributed by atoms with Crippen molar-refractivity contribution in [3.05, 3.63) is 18.1 Å². The highest BCUT2D eigenvalue weighted by atomic mass is 19.4. The van der Waals surface area contributed by atoms with Gasteiger partial charge in [0.25, 0.3) is 5.88 Å². The molecule has 0 N–H and O–H groups in total. The Labute approximate surface area is 78.7 Å². The van der Waals surface area contributed by atoms with Crippen molar-refractivity contribution in [2.75, 3.05) is 0 Å². The molecule has 0 saturated carbocycles. The lowest BCUT2D eigenvalue weighted by molar-refractivity contribution is -0.278. The van der Waals surface area contributed by atoms with Gasteiger partial charge in [0, 0.05) is 12.4 Å². The number of alkyl halides is 6. The van der Waals surface area contributed by atoms with Gasteiger partial charge in [-0.1, -0.05) is 0 Å². The summed E-state index contributed by atoms with van der Waals surface area (Å²) in [6, 6.07) is 0. The zero-order chi connectivity index (χ0) is 11.7. The Balaban J connectivity index is 3.08. The Bertz CT molecular complexity index is 346. The van der Waals surface area contributed by atoms with E-state index in [0.717, 1.165) is 0 Å². The molecule has 15 heavy (non-hydrogen) atoms. The molecule has 0 bridgehead atoms. The first kappa shape index (κ1) is 11.5. The molecule has 0 atom stereocenters. The molecule has 0 radical (unpaired) electrons. The van der Waals surface area contributed by atoms with E-state index in [4.69, 9.17) is 0 Å². The third-order valence-corrected chi connectivity index (χ3v) is 1.15. The first-order valence-electron chi connectivity index (χ1n) is 3.34. The van der Waals surface area contributed by atoms with Crippen LogP contribution in [0.1, 0.15) is 5.69 Å². The van der Waals surface area contributed by atoms with Crippen LogP contribution in [0.3, 0.4) is 0 Å². The van der Waals surface area contributed by atoms with E-state index in [2.05, 4.69) is 14.7 Å². The highest BCUT2D eigenvalue weighted by molar-refractivity contribution is 5.20. The van der Waals surface area contributed by atoms with E-state index < -0.39 is 24.1 Å². The van der Waals surface area contributed by atoms with Crippen LogP contribution in [-0.2, 0) is 6.18 Å². The molecule has 0 unspecified atom stereocenters. The van der Waals surface area contributed by atoms with Crippen LogP contribution in [0.5, 0.6) is 5.88 Å². The molecular weight excluding hydrogens is 230 g/mol. The smallest absolute Gasteiger partial charge is 0.385 e. The third-order valence-electron chi connectivity index (χ3n) is 1.15. The summed E-state index contributed by atoms with van der Waals surface area (Å²) in [5, 5.41) is 0. The van der Waals surface area contributed by atoms with Gasteiger partial charge in [0.05, 0.1) is 0 Å². The minimum atomic E-state index is -5.24. The van der Waals surface area contributed by atoms with Crippen molar-refractivity contribution in [1.29, 1.82) is 0 Å². The van der Waals surface area contributed by atoms with Gasteiger partial charge in [-0.05, 0) is 0 Å². The number of rotatable bonds is 1. The Morgan fingerprint density at radius 1 is 0.933 bits per heavy atom. The molecule has 1 heterocycles. The average Bonchev–Trinajstić information content (AvgIpc) is 1.99. The van der Waals surface area contributed by atoms with Gasteiger partial charge in [0.2, 0.25) is 5.69 Å². The predicted molar refractivity (Wildman–Crippen MR) is 33.7 cm³/mol. The fourth-order valence-corrected chi connectivity index (χ4v) is 0.704. The maximum Gasteiger partial charge on any atom is 0.574 e. The minimum absolute atomic E-state index is 0.617. The summed E-state index contributed by atoms with van der Waals surface area (Å²) in [5.41, 5.74) is -1.82. The summed E-state index contributed by atoms with van der Waals surface area (Å²) in [7, 11) is 0. The molecule has 0 aliphatic rings. The molecule has 3 nitrogen and oxygen atoms in total. The standard InChI is InChI=1S/C6H2F6N2O/c7-5(8,9)3-4(14-2-1-13-3)15-6(10,11)12/h1-2H. The van der Waals surface area contributed by atoms with Gasteiger partial charge in [-0.2, -0.15) is 13.2 Å². The van der Waals surface area contributed by atoms with Crippen LogP contribution in [0.2, 0.25) is 0 Å². The van der Waals surface area contributed by atoms with Crippen LogP contribution in [0.15, 0.2) is 12.4 Å². The van der Waals surface area contributed by atoms with Crippen LogP contribution in [0, 0.1) is 0 Å². The second-order valence-corrected chi connectivity index (χ2v) is 2.26. The number of hydrogen-bond acceptors (Lipinski definition) is 3. The molecule has 0 spiro atoms. The monoisotopic (exact) mass is 232 g/mol. The summed E-state index contributed by atoms with van der Waals surface area (Å²) < 4.78 is 74.2. The summed E-state index contributed by atoms with van der Waals surface area (Å²) in [4.78, 5) is 5.53. The van der Waals surface area contributed by atoms with E-state index >= 15 is 0 Å². The van der Waals surface area contributed by atoms with E-state index in [1.54, 1.807) is 0 Å². The summed E-state index contributed by atoms with van der Waals surface area (Å²) in [6.45, 7) is 0. The number of nitrogens with zero attached hydrogens (tertiary/aromatic N) is 2. The van der Waals surface area contributed by atoms with Gasteiger partial charge in [0.15, 0.2) is 0 Å². The van der Waals surface area contributed by atoms with E-state index in [1.807, 2.05) is 0 Å². The summed E-state index contributed by atoms with van der Waals surface area (Å²) in [5.74, 6) is -1.61. The number of hydrogen-bond donors (Lipinski definition) is 0. The fraction of sp³-hybridized carbons (Fsp3) is 0.333. The van der Waals surface area contributed by atoms with Crippen molar-refractivity contribution in [3.8, 4) is 5.88 Å². The highest BCUT2D eigenvalue weighted by Crippen LogP contribution is 2.34. The quantitative estimate of drug-likeness (QED) is 0.697. The maximum atomic E-state index is 12.1. The van der Waals surface area contributed by atoms with Crippen molar-refractivity contribution in [2.24, 2.45) is 0 Å². The van der Waals surface area contributed by atoms with Crippen molar-refractivity contribution in [2.45, 2.75) is 12.5 Å². The fourth-order valence-electron chi connectivity index (χ4n) is 0.704. The van der Waals surface area contributed by atoms with Gasteiger partial charge < -0.3 is 4.74 Å². The lowest BCUT2D eigenvalue weighted by Gasteiger charge is -2.12. The molecule has 84 valence electrons. The molecule has 0 aliphatic heterocycles. The average molecular weight is 232 g/mol. The Hall–Kier alpha value is -1.54. The molecule has 9 heteroatoms. The van der Waals surface area contributed by atoms with E-state index in [0.29, 0.717) is 12.4 Å². The molecule has 0 saturated heterocycles. The zero-order valence-electron chi connectivity index (χ0n) is 6.73. The van der Waals surface area contributed by atoms with E-state index in [9.17, 15) is 26.3 Å². The van der Waals surface area contributed by atoms with Crippen LogP contribution in [0.4, 0.5) is 26.3 Å². The number of ether oxygens (including phenoxy) is 1. The van der Waals surface area contributed by atoms with Crippen LogP contribution in [0.25, 0.3) is 0 Å². The Morgan fingerprint density at radius 2 is 1.47 bits per heavy atom. The molecule has 0 amide bonds. The zero-order valence-corrected chi connectivity index (χ0v) is 6.73. The first-order chi connectivity index (χ1) is 6.70. The normalized spacial score (nSPS) is 12.7. The van der Waals surface area contributed by atoms with Crippen LogP contribution in [-0.4, -0.2) is 16.3 Å². The molecule has 0 aromatic carbocycles. The van der Waals surface area contributed by atoms with Crippen molar-refractivity contribution in [1.82, 2.24) is 9.97 Å². The SMILES string of the molecule is FC(F)(F)Oc1nccnc1C(F)(F)F. The van der Waals surface area contributed by atoms with Crippen molar-refractivity contribution in [3.63, 3.8) is 0 Å². The first-order valence-corrected chi connectivity index (χ1v) is 3.34. The second kappa shape index (κ2) is 3.55. The van der Waals surface area contributed by atoms with Crippen LogP contribution < -0.4 is 4.74 Å². The molecule has 1 aromatic rings. The van der Waals surface area contributed by atoms with E-state index in [-0.39, 0.29) is 0 Å². The highest BCUT2D eigenvalue weighted by Gasteiger charge is 2.41. The van der Waals surface area contributed by atoms with Gasteiger partial charge in [-0.25, -0.2) is 9.97 Å². The molecule has 0 aliphatic carbocycles. The third kappa shape index (κ3) is 3.26. The Morgan fingerprint density at radius 3 is 1.93 bits per heavy atom. The lowest BCUT2D eigenvalue weighted by Crippen LogP contribution is -2.21. The Kier molecular flexibility index (Phi) is 2.73.